The second kappa shape index (κ2) is 6.25. The summed E-state index contributed by atoms with van der Waals surface area (Å²) in [5.41, 5.74) is 0. The molecule has 0 saturated carbocycles. The first-order valence-electron chi connectivity index (χ1n) is 5.76. The molecule has 10 heteroatoms. The number of alkyl halides is 3. The van der Waals surface area contributed by atoms with Crippen molar-refractivity contribution in [3.8, 4) is 0 Å². The van der Waals surface area contributed by atoms with Gasteiger partial charge in [-0.1, -0.05) is 6.92 Å². The zero-order chi connectivity index (χ0) is 15.4. The molecule has 6 nitrogen and oxygen atoms in total. The average molecular weight is 312 g/mol. The molecule has 0 amide bonds. The van der Waals surface area contributed by atoms with E-state index in [0.717, 1.165) is 0 Å². The lowest BCUT2D eigenvalue weighted by molar-refractivity contribution is -0.144. The Labute approximate surface area is 114 Å². The van der Waals surface area contributed by atoms with Crippen molar-refractivity contribution < 1.29 is 21.6 Å². The van der Waals surface area contributed by atoms with E-state index in [0.29, 0.717) is 0 Å². The first kappa shape index (κ1) is 16.5. The maximum absolute atomic E-state index is 12.6. The molecule has 1 rings (SSSR count). The van der Waals surface area contributed by atoms with Crippen LogP contribution in [0.4, 0.5) is 24.8 Å². The molecule has 0 unspecified atom stereocenters. The molecular weight excluding hydrogens is 297 g/mol. The number of nitrogens with zero attached hydrogens (tertiary/aromatic N) is 2. The van der Waals surface area contributed by atoms with Gasteiger partial charge in [0, 0.05) is 25.4 Å². The third-order valence-corrected chi connectivity index (χ3v) is 4.10. The molecule has 0 saturated heterocycles. The molecule has 114 valence electrons. The highest BCUT2D eigenvalue weighted by Crippen LogP contribution is 2.28. The zero-order valence-corrected chi connectivity index (χ0v) is 11.8. The molecule has 0 aliphatic rings. The van der Waals surface area contributed by atoms with Gasteiger partial charge >= 0.3 is 6.18 Å². The SMILES string of the molecule is CCS(=O)(=O)CCNc1cc(NC)nc(C(F)(F)F)n1. The molecule has 1 heterocycles. The summed E-state index contributed by atoms with van der Waals surface area (Å²) in [5.74, 6) is -1.57. The Morgan fingerprint density at radius 3 is 2.35 bits per heavy atom. The van der Waals surface area contributed by atoms with Crippen molar-refractivity contribution >= 4 is 21.5 Å². The minimum absolute atomic E-state index is 0.00632. The van der Waals surface area contributed by atoms with Crippen molar-refractivity contribution in [3.05, 3.63) is 11.9 Å². The number of hydrogen-bond donors (Lipinski definition) is 2. The Kier molecular flexibility index (Phi) is 5.15. The Balaban J connectivity index is 2.85. The van der Waals surface area contributed by atoms with Crippen LogP contribution in [0.15, 0.2) is 6.07 Å². The Morgan fingerprint density at radius 2 is 1.85 bits per heavy atom. The van der Waals surface area contributed by atoms with Gasteiger partial charge in [0.25, 0.3) is 0 Å². The first-order valence-corrected chi connectivity index (χ1v) is 7.58. The predicted molar refractivity (Wildman–Crippen MR) is 69.4 cm³/mol. The highest BCUT2D eigenvalue weighted by molar-refractivity contribution is 7.91. The van der Waals surface area contributed by atoms with Crippen LogP contribution in [0, 0.1) is 0 Å². The molecule has 20 heavy (non-hydrogen) atoms. The molecule has 0 spiro atoms. The molecule has 0 fully saturated rings. The maximum Gasteiger partial charge on any atom is 0.451 e. The van der Waals surface area contributed by atoms with E-state index >= 15 is 0 Å². The van der Waals surface area contributed by atoms with Crippen molar-refractivity contribution in [3.63, 3.8) is 0 Å². The van der Waals surface area contributed by atoms with Crippen LogP contribution in [0.2, 0.25) is 0 Å². The van der Waals surface area contributed by atoms with Crippen LogP contribution < -0.4 is 10.6 Å². The first-order chi connectivity index (χ1) is 9.18. The van der Waals surface area contributed by atoms with E-state index in [-0.39, 0.29) is 29.7 Å². The summed E-state index contributed by atoms with van der Waals surface area (Å²) in [5, 5.41) is 5.04. The molecule has 0 aliphatic carbocycles. The lowest BCUT2D eigenvalue weighted by Gasteiger charge is -2.11. The Morgan fingerprint density at radius 1 is 1.25 bits per heavy atom. The normalized spacial score (nSPS) is 12.2. The number of nitrogens with one attached hydrogen (secondary N) is 2. The summed E-state index contributed by atoms with van der Waals surface area (Å²) in [6.45, 7) is 1.48. The lowest BCUT2D eigenvalue weighted by Crippen LogP contribution is -2.19. The van der Waals surface area contributed by atoms with Gasteiger partial charge in [-0.15, -0.1) is 0 Å². The fourth-order valence-corrected chi connectivity index (χ4v) is 1.97. The minimum atomic E-state index is -4.67. The zero-order valence-electron chi connectivity index (χ0n) is 11.0. The van der Waals surface area contributed by atoms with Gasteiger partial charge in [-0.25, -0.2) is 18.4 Å². The predicted octanol–water partition coefficient (Wildman–Crippen LogP) is 1.38. The van der Waals surface area contributed by atoms with Gasteiger partial charge in [0.2, 0.25) is 5.82 Å². The van der Waals surface area contributed by atoms with Crippen molar-refractivity contribution in [1.29, 1.82) is 0 Å². The van der Waals surface area contributed by atoms with Crippen LogP contribution in [0.25, 0.3) is 0 Å². The van der Waals surface area contributed by atoms with Crippen LogP contribution in [0.5, 0.6) is 0 Å². The number of anilines is 2. The maximum atomic E-state index is 12.6. The number of sulfone groups is 1. The van der Waals surface area contributed by atoms with Gasteiger partial charge in [-0.05, 0) is 0 Å². The Bertz CT molecular complexity index is 560. The van der Waals surface area contributed by atoms with Crippen molar-refractivity contribution in [2.75, 3.05) is 35.7 Å². The van der Waals surface area contributed by atoms with Crippen molar-refractivity contribution in [1.82, 2.24) is 9.97 Å². The Hall–Kier alpha value is -1.58. The molecule has 0 aromatic carbocycles. The fourth-order valence-electron chi connectivity index (χ4n) is 1.27. The number of hydrogen-bond acceptors (Lipinski definition) is 6. The lowest BCUT2D eigenvalue weighted by atomic mass is 10.4. The van der Waals surface area contributed by atoms with Crippen LogP contribution in [-0.4, -0.2) is 43.5 Å². The topological polar surface area (TPSA) is 84.0 Å². The number of rotatable bonds is 6. The molecule has 0 atom stereocenters. The van der Waals surface area contributed by atoms with E-state index in [1.54, 1.807) is 0 Å². The fraction of sp³-hybridized carbons (Fsp3) is 0.600. The third-order valence-electron chi connectivity index (χ3n) is 2.39. The third kappa shape index (κ3) is 4.83. The standard InChI is InChI=1S/C10H15F3N4O2S/c1-3-20(18,19)5-4-15-8-6-7(14-2)16-9(17-8)10(11,12)13/h6H,3-5H2,1-2H3,(H2,14,15,16,17). The largest absolute Gasteiger partial charge is 0.451 e. The van der Waals surface area contributed by atoms with E-state index < -0.39 is 21.8 Å². The minimum Gasteiger partial charge on any atom is -0.373 e. The van der Waals surface area contributed by atoms with Crippen LogP contribution in [-0.2, 0) is 16.0 Å². The monoisotopic (exact) mass is 312 g/mol. The van der Waals surface area contributed by atoms with E-state index in [9.17, 15) is 21.6 Å². The van der Waals surface area contributed by atoms with E-state index in [2.05, 4.69) is 20.6 Å². The van der Waals surface area contributed by atoms with Gasteiger partial charge < -0.3 is 10.6 Å². The van der Waals surface area contributed by atoms with Gasteiger partial charge in [-0.2, -0.15) is 13.2 Å². The number of aromatic nitrogens is 2. The second-order valence-corrected chi connectivity index (χ2v) is 6.35. The van der Waals surface area contributed by atoms with E-state index in [1.165, 1.54) is 20.0 Å². The van der Waals surface area contributed by atoms with E-state index in [1.807, 2.05) is 0 Å². The average Bonchev–Trinajstić information content (AvgIpc) is 2.37. The van der Waals surface area contributed by atoms with Crippen LogP contribution >= 0.6 is 0 Å². The van der Waals surface area contributed by atoms with E-state index in [4.69, 9.17) is 0 Å². The van der Waals surface area contributed by atoms with Crippen LogP contribution in [0.3, 0.4) is 0 Å². The smallest absolute Gasteiger partial charge is 0.373 e. The highest BCUT2D eigenvalue weighted by Gasteiger charge is 2.35. The summed E-state index contributed by atoms with van der Waals surface area (Å²) in [6, 6.07) is 1.27. The van der Waals surface area contributed by atoms with Crippen molar-refractivity contribution in [2.24, 2.45) is 0 Å². The highest BCUT2D eigenvalue weighted by atomic mass is 32.2. The summed E-state index contributed by atoms with van der Waals surface area (Å²) >= 11 is 0. The molecule has 1 aromatic rings. The van der Waals surface area contributed by atoms with Crippen molar-refractivity contribution in [2.45, 2.75) is 13.1 Å². The quantitative estimate of drug-likeness (QED) is 0.826. The van der Waals surface area contributed by atoms with Crippen LogP contribution in [0.1, 0.15) is 12.7 Å². The summed E-state index contributed by atoms with van der Waals surface area (Å²) in [4.78, 5) is 6.61. The second-order valence-electron chi connectivity index (χ2n) is 3.87. The summed E-state index contributed by atoms with van der Waals surface area (Å²) < 4.78 is 60.3. The van der Waals surface area contributed by atoms with Gasteiger partial charge in [0.05, 0.1) is 5.75 Å². The molecule has 2 N–H and O–H groups in total. The molecule has 0 aliphatic heterocycles. The molecule has 0 radical (unpaired) electrons. The van der Waals surface area contributed by atoms with Gasteiger partial charge in [0.1, 0.15) is 11.6 Å². The molecule has 0 bridgehead atoms. The summed E-state index contributed by atoms with van der Waals surface area (Å²) in [7, 11) is -1.76. The van der Waals surface area contributed by atoms with Gasteiger partial charge in [0.15, 0.2) is 9.84 Å². The molecule has 1 aromatic heterocycles. The molecular formula is C10H15F3N4O2S. The van der Waals surface area contributed by atoms with Gasteiger partial charge in [-0.3, -0.25) is 0 Å². The summed E-state index contributed by atoms with van der Waals surface area (Å²) in [6.07, 6.45) is -4.67. The number of halogens is 3.